The largest absolute Gasteiger partial charge is 0.477 e. The Morgan fingerprint density at radius 2 is 2.40 bits per heavy atom. The number of nitrogens with two attached hydrogens (primary N) is 1. The van der Waals surface area contributed by atoms with Crippen LogP contribution in [0.15, 0.2) is 18.3 Å². The molecule has 1 aliphatic heterocycles. The van der Waals surface area contributed by atoms with Gasteiger partial charge in [0.25, 0.3) is 0 Å². The van der Waals surface area contributed by atoms with E-state index in [4.69, 9.17) is 10.6 Å². The van der Waals surface area contributed by atoms with Crippen LogP contribution in [0.3, 0.4) is 0 Å². The van der Waals surface area contributed by atoms with E-state index in [-0.39, 0.29) is 0 Å². The average molecular weight is 202 g/mol. The predicted molar refractivity (Wildman–Crippen MR) is 56.5 cm³/mol. The number of hydrazine groups is 1. The number of fused-ring (bicyclic) bond motifs is 3. The maximum atomic E-state index is 5.41. The summed E-state index contributed by atoms with van der Waals surface area (Å²) in [5, 5.41) is 1.06. The standard InChI is InChI=1S/C10H10N4O/c11-14-9-8-6(2-1-4-12-8)7-3-5-15-10(7)13-9/h1-2,4H,3,5,11H2,(H,13,14). The van der Waals surface area contributed by atoms with Crippen molar-refractivity contribution in [1.29, 1.82) is 0 Å². The molecule has 3 heterocycles. The van der Waals surface area contributed by atoms with Crippen LogP contribution in [0.25, 0.3) is 10.9 Å². The fraction of sp³-hybridized carbons (Fsp3) is 0.200. The molecule has 0 saturated heterocycles. The molecule has 1 aliphatic rings. The zero-order valence-corrected chi connectivity index (χ0v) is 8.03. The third-order valence-corrected chi connectivity index (χ3v) is 2.56. The molecule has 3 rings (SSSR count). The van der Waals surface area contributed by atoms with Gasteiger partial charge in [-0.2, -0.15) is 4.98 Å². The van der Waals surface area contributed by atoms with Crippen molar-refractivity contribution in [2.24, 2.45) is 5.84 Å². The van der Waals surface area contributed by atoms with Gasteiger partial charge in [-0.15, -0.1) is 0 Å². The molecule has 0 saturated carbocycles. The van der Waals surface area contributed by atoms with E-state index in [1.807, 2.05) is 12.1 Å². The summed E-state index contributed by atoms with van der Waals surface area (Å²) in [5.74, 6) is 6.63. The SMILES string of the molecule is NNc1nc2c(c3cccnc13)CCO2. The highest BCUT2D eigenvalue weighted by molar-refractivity contribution is 5.92. The van der Waals surface area contributed by atoms with Gasteiger partial charge in [-0.25, -0.2) is 5.84 Å². The maximum Gasteiger partial charge on any atom is 0.219 e. The molecule has 5 heteroatoms. The van der Waals surface area contributed by atoms with Crippen molar-refractivity contribution in [3.63, 3.8) is 0 Å². The normalized spacial score (nSPS) is 13.7. The Kier molecular flexibility index (Phi) is 1.72. The number of ether oxygens (including phenoxy) is 1. The van der Waals surface area contributed by atoms with Crippen LogP contribution in [0.4, 0.5) is 5.82 Å². The minimum absolute atomic E-state index is 0.561. The van der Waals surface area contributed by atoms with Gasteiger partial charge in [0.05, 0.1) is 6.61 Å². The second-order valence-corrected chi connectivity index (χ2v) is 3.39. The van der Waals surface area contributed by atoms with Gasteiger partial charge < -0.3 is 10.2 Å². The van der Waals surface area contributed by atoms with Gasteiger partial charge in [-0.05, 0) is 6.07 Å². The molecule has 2 aromatic rings. The summed E-state index contributed by atoms with van der Waals surface area (Å²) in [7, 11) is 0. The molecule has 0 unspecified atom stereocenters. The number of nitrogens with one attached hydrogen (secondary N) is 1. The fourth-order valence-corrected chi connectivity index (χ4v) is 1.89. The first-order chi connectivity index (χ1) is 7.40. The van der Waals surface area contributed by atoms with Gasteiger partial charge in [-0.1, -0.05) is 6.07 Å². The summed E-state index contributed by atoms with van der Waals surface area (Å²) in [6.45, 7) is 0.681. The molecule has 0 amide bonds. The monoisotopic (exact) mass is 202 g/mol. The molecular weight excluding hydrogens is 192 g/mol. The summed E-state index contributed by atoms with van der Waals surface area (Å²) in [6, 6.07) is 3.92. The van der Waals surface area contributed by atoms with Crippen molar-refractivity contribution in [3.8, 4) is 5.88 Å². The highest BCUT2D eigenvalue weighted by atomic mass is 16.5. The smallest absolute Gasteiger partial charge is 0.219 e. The quantitative estimate of drug-likeness (QED) is 0.529. The molecule has 2 aromatic heterocycles. The zero-order valence-electron chi connectivity index (χ0n) is 8.03. The minimum atomic E-state index is 0.561. The number of aromatic nitrogens is 2. The lowest BCUT2D eigenvalue weighted by molar-refractivity contribution is 0.345. The predicted octanol–water partition coefficient (Wildman–Crippen LogP) is 0.850. The van der Waals surface area contributed by atoms with Crippen molar-refractivity contribution in [2.45, 2.75) is 6.42 Å². The van der Waals surface area contributed by atoms with Gasteiger partial charge in [0.1, 0.15) is 5.52 Å². The Hall–Kier alpha value is -1.88. The summed E-state index contributed by atoms with van der Waals surface area (Å²) in [4.78, 5) is 8.55. The second-order valence-electron chi connectivity index (χ2n) is 3.39. The van der Waals surface area contributed by atoms with Crippen LogP contribution in [-0.2, 0) is 6.42 Å². The first-order valence-corrected chi connectivity index (χ1v) is 4.77. The highest BCUT2D eigenvalue weighted by Crippen LogP contribution is 2.32. The van der Waals surface area contributed by atoms with Crippen LogP contribution in [0.1, 0.15) is 5.56 Å². The third-order valence-electron chi connectivity index (χ3n) is 2.56. The van der Waals surface area contributed by atoms with E-state index in [0.29, 0.717) is 18.3 Å². The van der Waals surface area contributed by atoms with Crippen molar-refractivity contribution < 1.29 is 4.74 Å². The lowest BCUT2D eigenvalue weighted by Gasteiger charge is -2.07. The Labute approximate surface area is 86.2 Å². The van der Waals surface area contributed by atoms with E-state index < -0.39 is 0 Å². The number of nitrogen functional groups attached to an aromatic ring is 1. The van der Waals surface area contributed by atoms with Crippen LogP contribution in [-0.4, -0.2) is 16.6 Å². The Morgan fingerprint density at radius 1 is 1.47 bits per heavy atom. The third kappa shape index (κ3) is 1.13. The van der Waals surface area contributed by atoms with Gasteiger partial charge in [0.2, 0.25) is 5.88 Å². The van der Waals surface area contributed by atoms with Gasteiger partial charge in [0, 0.05) is 23.6 Å². The molecule has 0 spiro atoms. The van der Waals surface area contributed by atoms with E-state index >= 15 is 0 Å². The lowest BCUT2D eigenvalue weighted by Crippen LogP contribution is -2.10. The molecule has 0 aromatic carbocycles. The molecule has 0 bridgehead atoms. The van der Waals surface area contributed by atoms with Gasteiger partial charge in [0.15, 0.2) is 5.82 Å². The van der Waals surface area contributed by atoms with E-state index in [1.165, 1.54) is 0 Å². The van der Waals surface area contributed by atoms with Crippen molar-refractivity contribution >= 4 is 16.7 Å². The summed E-state index contributed by atoms with van der Waals surface area (Å²) >= 11 is 0. The number of anilines is 1. The average Bonchev–Trinajstić information content (AvgIpc) is 2.76. The zero-order chi connectivity index (χ0) is 10.3. The van der Waals surface area contributed by atoms with Crippen LogP contribution in [0.5, 0.6) is 5.88 Å². The topological polar surface area (TPSA) is 73.1 Å². The highest BCUT2D eigenvalue weighted by Gasteiger charge is 2.19. The maximum absolute atomic E-state index is 5.41. The van der Waals surface area contributed by atoms with E-state index in [1.54, 1.807) is 6.20 Å². The molecule has 76 valence electrons. The van der Waals surface area contributed by atoms with Crippen LogP contribution in [0, 0.1) is 0 Å². The molecule has 0 fully saturated rings. The Balaban J connectivity index is 2.41. The number of hydrogen-bond acceptors (Lipinski definition) is 5. The molecule has 15 heavy (non-hydrogen) atoms. The van der Waals surface area contributed by atoms with Crippen molar-refractivity contribution in [3.05, 3.63) is 23.9 Å². The summed E-state index contributed by atoms with van der Waals surface area (Å²) in [6.07, 6.45) is 2.61. The van der Waals surface area contributed by atoms with E-state index in [2.05, 4.69) is 15.4 Å². The van der Waals surface area contributed by atoms with Crippen LogP contribution >= 0.6 is 0 Å². The lowest BCUT2D eigenvalue weighted by atomic mass is 10.1. The van der Waals surface area contributed by atoms with Crippen LogP contribution in [0.2, 0.25) is 0 Å². The Bertz CT molecular complexity index is 526. The summed E-state index contributed by atoms with van der Waals surface area (Å²) < 4.78 is 5.41. The number of pyridine rings is 2. The Morgan fingerprint density at radius 3 is 3.27 bits per heavy atom. The van der Waals surface area contributed by atoms with Gasteiger partial charge >= 0.3 is 0 Å². The fourth-order valence-electron chi connectivity index (χ4n) is 1.89. The van der Waals surface area contributed by atoms with Gasteiger partial charge in [-0.3, -0.25) is 4.98 Å². The minimum Gasteiger partial charge on any atom is -0.477 e. The molecule has 0 atom stereocenters. The second kappa shape index (κ2) is 3.06. The number of hydrogen-bond donors (Lipinski definition) is 2. The molecule has 3 N–H and O–H groups in total. The number of rotatable bonds is 1. The van der Waals surface area contributed by atoms with E-state index in [9.17, 15) is 0 Å². The van der Waals surface area contributed by atoms with Crippen molar-refractivity contribution in [1.82, 2.24) is 9.97 Å². The molecule has 5 nitrogen and oxygen atoms in total. The molecular formula is C10H10N4O. The first-order valence-electron chi connectivity index (χ1n) is 4.77. The van der Waals surface area contributed by atoms with Crippen molar-refractivity contribution in [2.75, 3.05) is 12.0 Å². The number of nitrogens with zero attached hydrogens (tertiary/aromatic N) is 2. The van der Waals surface area contributed by atoms with E-state index in [0.717, 1.165) is 22.9 Å². The molecule has 0 aliphatic carbocycles. The molecule has 0 radical (unpaired) electrons. The summed E-state index contributed by atoms with van der Waals surface area (Å²) in [5.41, 5.74) is 4.46. The van der Waals surface area contributed by atoms with Crippen LogP contribution < -0.4 is 16.0 Å². The first kappa shape index (κ1) is 8.43.